The van der Waals surface area contributed by atoms with Crippen molar-refractivity contribution >= 4 is 52.1 Å². The summed E-state index contributed by atoms with van der Waals surface area (Å²) >= 11 is 12.3. The van der Waals surface area contributed by atoms with E-state index < -0.39 is 11.6 Å². The van der Waals surface area contributed by atoms with Gasteiger partial charge in [-0.1, -0.05) is 72.3 Å². The number of carbonyl (C=O) groups excluding carboxylic acids is 2. The number of nitrogens with zero attached hydrogens (tertiary/aromatic N) is 4. The van der Waals surface area contributed by atoms with Crippen LogP contribution in [0.25, 0.3) is 0 Å². The third kappa shape index (κ3) is 5.29. The van der Waals surface area contributed by atoms with Gasteiger partial charge in [0, 0.05) is 49.4 Å². The van der Waals surface area contributed by atoms with Crippen LogP contribution in [-0.4, -0.2) is 71.8 Å². The smallest absolute Gasteiger partial charge is 0.272 e. The minimum Gasteiger partial charge on any atom is -0.349 e. The first-order chi connectivity index (χ1) is 20.4. The van der Waals surface area contributed by atoms with Gasteiger partial charge >= 0.3 is 0 Å². The zero-order valence-corrected chi connectivity index (χ0v) is 25.2. The maximum Gasteiger partial charge on any atom is 0.272 e. The van der Waals surface area contributed by atoms with Crippen molar-refractivity contribution in [2.75, 3.05) is 38.1 Å². The number of benzene rings is 3. The molecule has 3 aromatic carbocycles. The first-order valence-corrected chi connectivity index (χ1v) is 15.3. The van der Waals surface area contributed by atoms with Crippen LogP contribution >= 0.6 is 23.8 Å². The maximum atomic E-state index is 13.9. The Bertz CT molecular complexity index is 1520. The molecule has 0 spiro atoms. The van der Waals surface area contributed by atoms with Crippen LogP contribution in [-0.2, 0) is 15.0 Å². The number of halogens is 1. The number of fused-ring (bicyclic) bond motifs is 1. The monoisotopic (exact) mass is 599 g/mol. The van der Waals surface area contributed by atoms with Crippen LogP contribution < -0.4 is 10.2 Å². The summed E-state index contributed by atoms with van der Waals surface area (Å²) in [5.41, 5.74) is 3.56. The zero-order valence-electron chi connectivity index (χ0n) is 23.6. The number of carbonyl (C=O) groups is 2. The van der Waals surface area contributed by atoms with Gasteiger partial charge in [-0.3, -0.25) is 9.59 Å². The van der Waals surface area contributed by atoms with Gasteiger partial charge in [-0.25, -0.2) is 4.99 Å². The van der Waals surface area contributed by atoms with Gasteiger partial charge in [0.2, 0.25) is 12.1 Å². The minimum atomic E-state index is -0.920. The molecule has 0 aromatic heterocycles. The zero-order chi connectivity index (χ0) is 29.3. The number of nitrogens with one attached hydrogen (secondary N) is 1. The lowest BCUT2D eigenvalue weighted by Crippen LogP contribution is -2.56. The molecule has 1 atom stereocenters. The third-order valence-corrected chi connectivity index (χ3v) is 9.35. The van der Waals surface area contributed by atoms with Crippen molar-refractivity contribution in [3.8, 4) is 0 Å². The average Bonchev–Trinajstić information content (AvgIpc) is 3.55. The van der Waals surface area contributed by atoms with Crippen LogP contribution in [0.4, 0.5) is 5.69 Å². The van der Waals surface area contributed by atoms with Crippen molar-refractivity contribution in [1.29, 1.82) is 0 Å². The molecule has 1 unspecified atom stereocenters. The lowest BCUT2D eigenvalue weighted by Gasteiger charge is -2.43. The highest BCUT2D eigenvalue weighted by atomic mass is 35.5. The summed E-state index contributed by atoms with van der Waals surface area (Å²) in [6.07, 6.45) is 2.49. The lowest BCUT2D eigenvalue weighted by atomic mass is 9.71. The SMILES string of the molecule is CN1C(=O)C(NC(=S)N2CCC(C(=O)N3CCCC3)(c3ccccc3)CC2)N=C(c2ccccc2)c2cc(Cl)ccc21. The fourth-order valence-electron chi connectivity index (χ4n) is 6.37. The van der Waals surface area contributed by atoms with Crippen LogP contribution in [0.5, 0.6) is 0 Å². The third-order valence-electron chi connectivity index (χ3n) is 8.74. The van der Waals surface area contributed by atoms with E-state index in [0.717, 1.165) is 48.3 Å². The van der Waals surface area contributed by atoms with E-state index in [0.29, 0.717) is 41.8 Å². The maximum absolute atomic E-state index is 13.9. The fraction of sp³-hybridized carbons (Fsp3) is 0.333. The molecular weight excluding hydrogens is 566 g/mol. The van der Waals surface area contributed by atoms with E-state index in [1.165, 1.54) is 0 Å². The summed E-state index contributed by atoms with van der Waals surface area (Å²) in [7, 11) is 1.75. The van der Waals surface area contributed by atoms with E-state index in [4.69, 9.17) is 28.8 Å². The molecule has 2 fully saturated rings. The largest absolute Gasteiger partial charge is 0.349 e. The van der Waals surface area contributed by atoms with Crippen LogP contribution in [0.1, 0.15) is 42.4 Å². The molecule has 9 heteroatoms. The number of benzodiazepines with no additional fused rings is 1. The van der Waals surface area contributed by atoms with E-state index in [-0.39, 0.29) is 11.8 Å². The first-order valence-electron chi connectivity index (χ1n) is 14.5. The Morgan fingerprint density at radius 2 is 1.57 bits per heavy atom. The Labute approximate surface area is 257 Å². The second-order valence-electron chi connectivity index (χ2n) is 11.2. The van der Waals surface area contributed by atoms with Gasteiger partial charge in [-0.15, -0.1) is 0 Å². The molecule has 2 amide bonds. The number of thiocarbonyl (C=S) groups is 1. The molecule has 42 heavy (non-hydrogen) atoms. The van der Waals surface area contributed by atoms with E-state index in [2.05, 4.69) is 22.3 Å². The highest BCUT2D eigenvalue weighted by Crippen LogP contribution is 2.38. The predicted molar refractivity (Wildman–Crippen MR) is 171 cm³/mol. The van der Waals surface area contributed by atoms with Crippen molar-refractivity contribution in [2.45, 2.75) is 37.3 Å². The lowest BCUT2D eigenvalue weighted by molar-refractivity contribution is -0.138. The summed E-state index contributed by atoms with van der Waals surface area (Å²) in [5.74, 6) is 0.00512. The van der Waals surface area contributed by atoms with Crippen LogP contribution in [0.2, 0.25) is 5.02 Å². The van der Waals surface area contributed by atoms with E-state index in [1.807, 2.05) is 65.6 Å². The molecule has 0 radical (unpaired) electrons. The molecule has 2 saturated heterocycles. The second-order valence-corrected chi connectivity index (χ2v) is 12.0. The quantitative estimate of drug-likeness (QED) is 0.427. The molecule has 6 rings (SSSR count). The molecule has 3 aliphatic rings. The molecule has 216 valence electrons. The number of hydrogen-bond donors (Lipinski definition) is 1. The summed E-state index contributed by atoms with van der Waals surface area (Å²) in [6, 6.07) is 25.4. The van der Waals surface area contributed by atoms with Gasteiger partial charge in [0.25, 0.3) is 5.91 Å². The summed E-state index contributed by atoms with van der Waals surface area (Å²) in [4.78, 5) is 38.3. The normalized spacial score (nSPS) is 20.0. The average molecular weight is 600 g/mol. The second kappa shape index (κ2) is 11.9. The molecule has 3 heterocycles. The van der Waals surface area contributed by atoms with Crippen LogP contribution in [0.3, 0.4) is 0 Å². The first kappa shape index (κ1) is 28.4. The number of piperidine rings is 1. The molecule has 3 aromatic rings. The molecule has 0 bridgehead atoms. The van der Waals surface area contributed by atoms with Crippen LogP contribution in [0, 0.1) is 0 Å². The number of rotatable bonds is 4. The highest BCUT2D eigenvalue weighted by molar-refractivity contribution is 7.80. The van der Waals surface area contributed by atoms with Crippen molar-refractivity contribution < 1.29 is 9.59 Å². The van der Waals surface area contributed by atoms with Crippen molar-refractivity contribution in [2.24, 2.45) is 4.99 Å². The molecule has 0 saturated carbocycles. The number of aliphatic imine (C=N–C) groups is 1. The number of likely N-dealkylation sites (N-methyl/N-ethyl adjacent to an activating group) is 1. The Kier molecular flexibility index (Phi) is 8.01. The minimum absolute atomic E-state index is 0.216. The molecule has 7 nitrogen and oxygen atoms in total. The number of likely N-dealkylation sites (tertiary alicyclic amines) is 2. The van der Waals surface area contributed by atoms with Gasteiger partial charge in [-0.2, -0.15) is 0 Å². The van der Waals surface area contributed by atoms with E-state index in [9.17, 15) is 9.59 Å². The summed E-state index contributed by atoms with van der Waals surface area (Å²) in [6.45, 7) is 2.85. The summed E-state index contributed by atoms with van der Waals surface area (Å²) < 4.78 is 0. The highest BCUT2D eigenvalue weighted by Gasteiger charge is 2.46. The Balaban J connectivity index is 1.25. The number of amides is 2. The molecule has 3 aliphatic heterocycles. The summed E-state index contributed by atoms with van der Waals surface area (Å²) in [5, 5.41) is 4.28. The molecule has 0 aliphatic carbocycles. The molecular formula is C33H34ClN5O2S. The van der Waals surface area contributed by atoms with E-state index in [1.54, 1.807) is 18.0 Å². The number of hydrogen-bond acceptors (Lipinski definition) is 4. The number of anilines is 1. The fourth-order valence-corrected chi connectivity index (χ4v) is 6.84. The standard InChI is InChI=1S/C33H34ClN5O2S/c1-37-27-15-14-25(34)22-26(27)28(23-10-4-2-5-11-23)35-29(30(37)40)36-32(42)39-20-16-33(17-21-39,24-12-6-3-7-13-24)31(41)38-18-8-9-19-38/h2-7,10-15,22,29H,8-9,16-21H2,1H3,(H,36,42). The van der Waals surface area contributed by atoms with Crippen LogP contribution in [0.15, 0.2) is 83.9 Å². The topological polar surface area (TPSA) is 68.2 Å². The van der Waals surface area contributed by atoms with Gasteiger partial charge < -0.3 is 20.0 Å². The van der Waals surface area contributed by atoms with Gasteiger partial charge in [0.05, 0.1) is 16.8 Å². The Morgan fingerprint density at radius 3 is 2.24 bits per heavy atom. The van der Waals surface area contributed by atoms with Crippen molar-refractivity contribution in [3.63, 3.8) is 0 Å². The Hall–Kier alpha value is -3.75. The van der Waals surface area contributed by atoms with Gasteiger partial charge in [0.1, 0.15) is 0 Å². The van der Waals surface area contributed by atoms with Gasteiger partial charge in [0.15, 0.2) is 5.11 Å². The van der Waals surface area contributed by atoms with E-state index >= 15 is 0 Å². The van der Waals surface area contributed by atoms with Gasteiger partial charge in [-0.05, 0) is 61.7 Å². The van der Waals surface area contributed by atoms with Crippen molar-refractivity contribution in [3.05, 3.63) is 101 Å². The van der Waals surface area contributed by atoms with Crippen molar-refractivity contribution in [1.82, 2.24) is 15.1 Å². The molecule has 1 N–H and O–H groups in total. The predicted octanol–water partition coefficient (Wildman–Crippen LogP) is 5.01. The Morgan fingerprint density at radius 1 is 0.929 bits per heavy atom.